The molecule has 0 radical (unpaired) electrons. The van der Waals surface area contributed by atoms with Crippen molar-refractivity contribution in [2.24, 2.45) is 0 Å². The maximum atomic E-state index is 10.3. The summed E-state index contributed by atoms with van der Waals surface area (Å²) in [6.45, 7) is 2.06. The van der Waals surface area contributed by atoms with Gasteiger partial charge in [-0.25, -0.2) is 0 Å². The molecule has 0 amide bonds. The third kappa shape index (κ3) is 2.93. The van der Waals surface area contributed by atoms with E-state index in [1.807, 2.05) is 19.1 Å². The summed E-state index contributed by atoms with van der Waals surface area (Å²) in [6, 6.07) is 0.155. The summed E-state index contributed by atoms with van der Waals surface area (Å²) in [5.41, 5.74) is 2.75. The molecule has 1 saturated carbocycles. The highest BCUT2D eigenvalue weighted by Gasteiger charge is 2.35. The number of nitrogens with zero attached hydrogens (tertiary/aromatic N) is 1. The monoisotopic (exact) mass is 186 g/mol. The van der Waals surface area contributed by atoms with E-state index in [2.05, 4.69) is 12.3 Å². The minimum atomic E-state index is -0.484. The van der Waals surface area contributed by atoms with Crippen LogP contribution in [0.3, 0.4) is 0 Å². The van der Waals surface area contributed by atoms with Gasteiger partial charge in [0.2, 0.25) is 0 Å². The van der Waals surface area contributed by atoms with Gasteiger partial charge in [-0.05, 0) is 19.8 Å². The van der Waals surface area contributed by atoms with E-state index in [1.165, 1.54) is 6.42 Å². The van der Waals surface area contributed by atoms with E-state index in [-0.39, 0.29) is 6.04 Å². The van der Waals surface area contributed by atoms with Crippen LogP contribution in [0.25, 0.3) is 0 Å². The number of hydrazine groups is 1. The van der Waals surface area contributed by atoms with Gasteiger partial charge in [0.1, 0.15) is 0 Å². The first-order chi connectivity index (χ1) is 6.04. The highest BCUT2D eigenvalue weighted by atomic mass is 16.3. The fraction of sp³-hybridized carbons (Fsp3) is 1.00. The first-order valence-corrected chi connectivity index (χ1v) is 5.20. The van der Waals surface area contributed by atoms with Gasteiger partial charge in [-0.1, -0.05) is 19.3 Å². The van der Waals surface area contributed by atoms with E-state index in [4.69, 9.17) is 0 Å². The lowest BCUT2D eigenvalue weighted by Gasteiger charge is -2.39. The third-order valence-corrected chi connectivity index (χ3v) is 2.98. The molecule has 0 aromatic carbocycles. The Morgan fingerprint density at radius 1 is 1.23 bits per heavy atom. The van der Waals surface area contributed by atoms with Crippen LogP contribution >= 0.6 is 0 Å². The molecular weight excluding hydrogens is 164 g/mol. The zero-order chi connectivity index (χ0) is 9.90. The predicted octanol–water partition coefficient (Wildman–Crippen LogP) is 1.14. The predicted molar refractivity (Wildman–Crippen MR) is 54.3 cm³/mol. The van der Waals surface area contributed by atoms with Gasteiger partial charge in [-0.15, -0.1) is 0 Å². The Bertz CT molecular complexity index is 153. The molecule has 0 heterocycles. The Balaban J connectivity index is 2.46. The lowest BCUT2D eigenvalue weighted by molar-refractivity contribution is -0.0414. The summed E-state index contributed by atoms with van der Waals surface area (Å²) in [5, 5.41) is 12.2. The molecule has 0 aromatic rings. The summed E-state index contributed by atoms with van der Waals surface area (Å²) in [7, 11) is 3.92. The third-order valence-electron chi connectivity index (χ3n) is 2.98. The molecule has 0 aromatic heterocycles. The molecular formula is C10H22N2O. The number of nitrogens with one attached hydrogen (secondary N) is 1. The van der Waals surface area contributed by atoms with Crippen LogP contribution in [-0.4, -0.2) is 35.9 Å². The van der Waals surface area contributed by atoms with Crippen LogP contribution in [-0.2, 0) is 0 Å². The minimum absolute atomic E-state index is 0.155. The lowest BCUT2D eigenvalue weighted by Crippen LogP contribution is -2.53. The van der Waals surface area contributed by atoms with Gasteiger partial charge in [-0.3, -0.25) is 10.4 Å². The van der Waals surface area contributed by atoms with Crippen LogP contribution in [0.4, 0.5) is 0 Å². The van der Waals surface area contributed by atoms with E-state index in [9.17, 15) is 5.11 Å². The van der Waals surface area contributed by atoms with Crippen LogP contribution in [0.2, 0.25) is 0 Å². The van der Waals surface area contributed by atoms with Gasteiger partial charge < -0.3 is 5.11 Å². The van der Waals surface area contributed by atoms with E-state index in [1.54, 1.807) is 0 Å². The van der Waals surface area contributed by atoms with E-state index < -0.39 is 5.60 Å². The van der Waals surface area contributed by atoms with E-state index in [0.717, 1.165) is 25.7 Å². The zero-order valence-corrected chi connectivity index (χ0v) is 9.01. The highest BCUT2D eigenvalue weighted by Crippen LogP contribution is 2.30. The lowest BCUT2D eigenvalue weighted by atomic mass is 9.80. The van der Waals surface area contributed by atoms with E-state index in [0.29, 0.717) is 0 Å². The number of hydrogen-bond acceptors (Lipinski definition) is 3. The molecule has 1 atom stereocenters. The van der Waals surface area contributed by atoms with Crippen LogP contribution < -0.4 is 5.43 Å². The molecule has 1 unspecified atom stereocenters. The van der Waals surface area contributed by atoms with Crippen LogP contribution in [0.1, 0.15) is 39.0 Å². The smallest absolute Gasteiger partial charge is 0.0810 e. The van der Waals surface area contributed by atoms with Crippen LogP contribution in [0, 0.1) is 0 Å². The Labute approximate surface area is 81.1 Å². The van der Waals surface area contributed by atoms with Gasteiger partial charge in [0.25, 0.3) is 0 Å². The molecule has 2 N–H and O–H groups in total. The Hall–Kier alpha value is -0.120. The Morgan fingerprint density at radius 3 is 2.23 bits per heavy atom. The largest absolute Gasteiger partial charge is 0.388 e. The van der Waals surface area contributed by atoms with Crippen molar-refractivity contribution in [1.29, 1.82) is 0 Å². The van der Waals surface area contributed by atoms with Crippen molar-refractivity contribution in [2.45, 2.75) is 50.7 Å². The van der Waals surface area contributed by atoms with Crippen molar-refractivity contribution >= 4 is 0 Å². The fourth-order valence-electron chi connectivity index (χ4n) is 2.10. The van der Waals surface area contributed by atoms with Gasteiger partial charge >= 0.3 is 0 Å². The SMILES string of the molecule is CC(NN(C)C)C1(O)CCCCC1. The summed E-state index contributed by atoms with van der Waals surface area (Å²) in [6.07, 6.45) is 5.48. The van der Waals surface area contributed by atoms with Crippen LogP contribution in [0.5, 0.6) is 0 Å². The normalized spacial score (nSPS) is 24.7. The van der Waals surface area contributed by atoms with Crippen molar-refractivity contribution in [3.05, 3.63) is 0 Å². The molecule has 1 fully saturated rings. The number of hydrogen-bond donors (Lipinski definition) is 2. The standard InChI is InChI=1S/C10H22N2O/c1-9(11-12(2)3)10(13)7-5-4-6-8-10/h9,11,13H,4-8H2,1-3H3. The minimum Gasteiger partial charge on any atom is -0.388 e. The molecule has 0 bridgehead atoms. The van der Waals surface area contributed by atoms with Crippen molar-refractivity contribution in [3.63, 3.8) is 0 Å². The highest BCUT2D eigenvalue weighted by molar-refractivity contribution is 4.90. The van der Waals surface area contributed by atoms with Gasteiger partial charge in [0.15, 0.2) is 0 Å². The molecule has 0 saturated heterocycles. The molecule has 0 spiro atoms. The molecule has 3 heteroatoms. The quantitative estimate of drug-likeness (QED) is 0.649. The van der Waals surface area contributed by atoms with Gasteiger partial charge in [0.05, 0.1) is 5.60 Å². The second-order valence-electron chi connectivity index (χ2n) is 4.41. The van der Waals surface area contributed by atoms with Crippen molar-refractivity contribution in [3.8, 4) is 0 Å². The first-order valence-electron chi connectivity index (χ1n) is 5.20. The second-order valence-corrected chi connectivity index (χ2v) is 4.41. The summed E-state index contributed by atoms with van der Waals surface area (Å²) in [5.74, 6) is 0. The Morgan fingerprint density at radius 2 is 1.77 bits per heavy atom. The second kappa shape index (κ2) is 4.40. The van der Waals surface area contributed by atoms with Crippen molar-refractivity contribution < 1.29 is 5.11 Å². The molecule has 0 aliphatic heterocycles. The average molecular weight is 186 g/mol. The fourth-order valence-corrected chi connectivity index (χ4v) is 2.10. The molecule has 3 nitrogen and oxygen atoms in total. The molecule has 1 rings (SSSR count). The number of aliphatic hydroxyl groups is 1. The van der Waals surface area contributed by atoms with Crippen molar-refractivity contribution in [2.75, 3.05) is 14.1 Å². The van der Waals surface area contributed by atoms with Crippen LogP contribution in [0.15, 0.2) is 0 Å². The zero-order valence-electron chi connectivity index (χ0n) is 9.01. The topological polar surface area (TPSA) is 35.5 Å². The molecule has 1 aliphatic carbocycles. The maximum Gasteiger partial charge on any atom is 0.0810 e. The van der Waals surface area contributed by atoms with Crippen molar-refractivity contribution in [1.82, 2.24) is 10.4 Å². The first kappa shape index (κ1) is 11.0. The molecule has 78 valence electrons. The molecule has 1 aliphatic rings. The Kier molecular flexibility index (Phi) is 3.71. The van der Waals surface area contributed by atoms with E-state index >= 15 is 0 Å². The molecule has 13 heavy (non-hydrogen) atoms. The number of rotatable bonds is 3. The summed E-state index contributed by atoms with van der Waals surface area (Å²) >= 11 is 0. The average Bonchev–Trinajstić information content (AvgIpc) is 2.04. The maximum absolute atomic E-state index is 10.3. The summed E-state index contributed by atoms with van der Waals surface area (Å²) < 4.78 is 0. The summed E-state index contributed by atoms with van der Waals surface area (Å²) in [4.78, 5) is 0. The van der Waals surface area contributed by atoms with Gasteiger partial charge in [0, 0.05) is 20.1 Å². The van der Waals surface area contributed by atoms with Gasteiger partial charge in [-0.2, -0.15) is 0 Å².